The Balaban J connectivity index is 1.30. The van der Waals surface area contributed by atoms with Gasteiger partial charge in [0.05, 0.1) is 11.1 Å². The van der Waals surface area contributed by atoms with Gasteiger partial charge in [0.25, 0.3) is 17.7 Å². The Kier molecular flexibility index (Phi) is 5.35. The van der Waals surface area contributed by atoms with E-state index in [0.29, 0.717) is 42.9 Å². The highest BCUT2D eigenvalue weighted by Crippen LogP contribution is 2.24. The molecule has 0 aromatic heterocycles. The fraction of sp³-hybridized carbons (Fsp3) is 0.304. The lowest BCUT2D eigenvalue weighted by Crippen LogP contribution is -2.51. The fourth-order valence-electron chi connectivity index (χ4n) is 3.90. The van der Waals surface area contributed by atoms with E-state index in [-0.39, 0.29) is 36.6 Å². The van der Waals surface area contributed by atoms with Crippen LogP contribution in [-0.2, 0) is 4.79 Å². The average Bonchev–Trinajstić information content (AvgIpc) is 3.01. The first-order valence-corrected chi connectivity index (χ1v) is 10.0. The van der Waals surface area contributed by atoms with E-state index in [0.717, 1.165) is 10.5 Å². The van der Waals surface area contributed by atoms with Crippen LogP contribution in [0.2, 0.25) is 0 Å². The number of carbonyl (C=O) groups is 4. The van der Waals surface area contributed by atoms with Gasteiger partial charge in [0.1, 0.15) is 0 Å². The second-order valence-electron chi connectivity index (χ2n) is 7.60. The number of nitrogens with zero attached hydrogens (tertiary/aromatic N) is 3. The lowest BCUT2D eigenvalue weighted by Gasteiger charge is -2.35. The normalized spacial score (nSPS) is 16.1. The molecule has 2 aromatic rings. The van der Waals surface area contributed by atoms with Crippen LogP contribution in [0.15, 0.2) is 48.5 Å². The van der Waals surface area contributed by atoms with E-state index in [1.54, 1.807) is 40.1 Å². The van der Waals surface area contributed by atoms with Crippen molar-refractivity contribution in [1.82, 2.24) is 14.7 Å². The molecule has 4 amide bonds. The minimum atomic E-state index is -0.346. The van der Waals surface area contributed by atoms with Gasteiger partial charge >= 0.3 is 0 Å². The fourth-order valence-corrected chi connectivity index (χ4v) is 3.90. The van der Waals surface area contributed by atoms with Gasteiger partial charge in [0.15, 0.2) is 0 Å². The number of imide groups is 1. The summed E-state index contributed by atoms with van der Waals surface area (Å²) in [6.45, 7) is 3.74. The van der Waals surface area contributed by atoms with Crippen molar-refractivity contribution < 1.29 is 19.2 Å². The minimum absolute atomic E-state index is 0.0379. The van der Waals surface area contributed by atoms with E-state index < -0.39 is 0 Å². The molecule has 0 radical (unpaired) electrons. The Labute approximate surface area is 174 Å². The average molecular weight is 405 g/mol. The molecule has 0 unspecified atom stereocenters. The first kappa shape index (κ1) is 19.8. The Bertz CT molecular complexity index is 1010. The van der Waals surface area contributed by atoms with Crippen LogP contribution < -0.4 is 0 Å². The van der Waals surface area contributed by atoms with E-state index in [2.05, 4.69) is 0 Å². The summed E-state index contributed by atoms with van der Waals surface area (Å²) in [4.78, 5) is 54.8. The summed E-state index contributed by atoms with van der Waals surface area (Å²) in [5.74, 6) is -0.843. The second-order valence-corrected chi connectivity index (χ2v) is 7.60. The highest BCUT2D eigenvalue weighted by molar-refractivity contribution is 6.21. The van der Waals surface area contributed by atoms with Crippen LogP contribution in [0.3, 0.4) is 0 Å². The zero-order valence-electron chi connectivity index (χ0n) is 16.8. The number of benzene rings is 2. The lowest BCUT2D eigenvalue weighted by atomic mass is 10.1. The number of piperazine rings is 1. The summed E-state index contributed by atoms with van der Waals surface area (Å²) in [6, 6.07) is 14.3. The van der Waals surface area contributed by atoms with Crippen molar-refractivity contribution in [2.75, 3.05) is 32.7 Å². The zero-order valence-corrected chi connectivity index (χ0v) is 16.8. The van der Waals surface area contributed by atoms with Gasteiger partial charge in [-0.2, -0.15) is 0 Å². The number of amides is 4. The molecule has 2 heterocycles. The molecule has 2 aromatic carbocycles. The van der Waals surface area contributed by atoms with Crippen molar-refractivity contribution in [3.05, 3.63) is 70.8 Å². The van der Waals surface area contributed by atoms with Crippen LogP contribution in [0.1, 0.15) is 43.1 Å². The maximum atomic E-state index is 12.6. The van der Waals surface area contributed by atoms with E-state index >= 15 is 0 Å². The lowest BCUT2D eigenvalue weighted by molar-refractivity contribution is -0.132. The molecule has 0 aliphatic carbocycles. The van der Waals surface area contributed by atoms with E-state index in [4.69, 9.17) is 0 Å². The molecule has 30 heavy (non-hydrogen) atoms. The first-order chi connectivity index (χ1) is 14.5. The number of hydrogen-bond donors (Lipinski definition) is 0. The molecule has 7 heteroatoms. The number of aryl methyl sites for hydroxylation is 1. The molecule has 0 saturated carbocycles. The number of hydrogen-bond acceptors (Lipinski definition) is 4. The van der Waals surface area contributed by atoms with E-state index in [1.807, 2.05) is 25.1 Å². The van der Waals surface area contributed by atoms with Crippen LogP contribution in [0.25, 0.3) is 0 Å². The number of fused-ring (bicyclic) bond motifs is 1. The van der Waals surface area contributed by atoms with Crippen LogP contribution >= 0.6 is 0 Å². The standard InChI is InChI=1S/C23H23N3O4/c1-16-7-8-18-19(15-16)23(30)26(22(18)29)10-9-20(27)24-11-13-25(14-12-24)21(28)17-5-3-2-4-6-17/h2-8,15H,9-14H2,1H3. The third-order valence-corrected chi connectivity index (χ3v) is 5.62. The quantitative estimate of drug-likeness (QED) is 0.729. The van der Waals surface area contributed by atoms with Crippen LogP contribution in [0.5, 0.6) is 0 Å². The van der Waals surface area contributed by atoms with Crippen molar-refractivity contribution in [2.45, 2.75) is 13.3 Å². The summed E-state index contributed by atoms with van der Waals surface area (Å²) in [7, 11) is 0. The SMILES string of the molecule is Cc1ccc2c(c1)C(=O)N(CCC(=O)N1CCN(C(=O)c3ccccc3)CC1)C2=O. The summed E-state index contributed by atoms with van der Waals surface area (Å²) in [5, 5.41) is 0. The van der Waals surface area contributed by atoms with Crippen molar-refractivity contribution >= 4 is 23.6 Å². The number of rotatable bonds is 4. The highest BCUT2D eigenvalue weighted by Gasteiger charge is 2.36. The third kappa shape index (κ3) is 3.70. The maximum absolute atomic E-state index is 12.6. The van der Waals surface area contributed by atoms with Gasteiger partial charge < -0.3 is 9.80 Å². The number of carbonyl (C=O) groups excluding carboxylic acids is 4. The monoisotopic (exact) mass is 405 g/mol. The summed E-state index contributed by atoms with van der Waals surface area (Å²) in [6.07, 6.45) is 0.0804. The second kappa shape index (κ2) is 8.10. The Morgan fingerprint density at radius 2 is 1.47 bits per heavy atom. The summed E-state index contributed by atoms with van der Waals surface area (Å²) in [5.41, 5.74) is 2.35. The van der Waals surface area contributed by atoms with Gasteiger partial charge in [0, 0.05) is 44.7 Å². The van der Waals surface area contributed by atoms with Gasteiger partial charge in [-0.1, -0.05) is 29.8 Å². The summed E-state index contributed by atoms with van der Waals surface area (Å²) >= 11 is 0. The molecule has 4 rings (SSSR count). The van der Waals surface area contributed by atoms with Gasteiger partial charge in [-0.05, 0) is 31.2 Å². The zero-order chi connectivity index (χ0) is 21.3. The smallest absolute Gasteiger partial charge is 0.261 e. The molecule has 1 fully saturated rings. The molecule has 2 aliphatic heterocycles. The Hall–Kier alpha value is -3.48. The molecule has 154 valence electrons. The molecule has 1 saturated heterocycles. The van der Waals surface area contributed by atoms with Gasteiger partial charge in [0.2, 0.25) is 5.91 Å². The first-order valence-electron chi connectivity index (χ1n) is 10.0. The van der Waals surface area contributed by atoms with Gasteiger partial charge in [-0.25, -0.2) is 0 Å². The van der Waals surface area contributed by atoms with Crippen molar-refractivity contribution in [3.63, 3.8) is 0 Å². The topological polar surface area (TPSA) is 78.0 Å². The molecular weight excluding hydrogens is 382 g/mol. The van der Waals surface area contributed by atoms with Crippen LogP contribution in [0.4, 0.5) is 0 Å². The van der Waals surface area contributed by atoms with Gasteiger partial charge in [-0.15, -0.1) is 0 Å². The Morgan fingerprint density at radius 1 is 0.833 bits per heavy atom. The Morgan fingerprint density at radius 3 is 2.17 bits per heavy atom. The van der Waals surface area contributed by atoms with Crippen molar-refractivity contribution in [3.8, 4) is 0 Å². The maximum Gasteiger partial charge on any atom is 0.261 e. The van der Waals surface area contributed by atoms with Crippen LogP contribution in [-0.4, -0.2) is 71.1 Å². The highest BCUT2D eigenvalue weighted by atomic mass is 16.2. The molecule has 0 atom stereocenters. The molecule has 0 N–H and O–H groups in total. The van der Waals surface area contributed by atoms with E-state index in [1.165, 1.54) is 0 Å². The molecular formula is C23H23N3O4. The predicted molar refractivity (Wildman–Crippen MR) is 110 cm³/mol. The van der Waals surface area contributed by atoms with Crippen LogP contribution in [0, 0.1) is 6.92 Å². The van der Waals surface area contributed by atoms with E-state index in [9.17, 15) is 19.2 Å². The summed E-state index contributed by atoms with van der Waals surface area (Å²) < 4.78 is 0. The minimum Gasteiger partial charge on any atom is -0.339 e. The third-order valence-electron chi connectivity index (χ3n) is 5.62. The largest absolute Gasteiger partial charge is 0.339 e. The van der Waals surface area contributed by atoms with Crippen molar-refractivity contribution in [2.24, 2.45) is 0 Å². The molecule has 2 aliphatic rings. The molecule has 0 spiro atoms. The molecule has 7 nitrogen and oxygen atoms in total. The molecule has 0 bridgehead atoms. The van der Waals surface area contributed by atoms with Gasteiger partial charge in [-0.3, -0.25) is 24.1 Å². The predicted octanol–water partition coefficient (Wildman–Crippen LogP) is 1.97. The van der Waals surface area contributed by atoms with Crippen molar-refractivity contribution in [1.29, 1.82) is 0 Å².